The van der Waals surface area contributed by atoms with Crippen LogP contribution in [0.15, 0.2) is 18.2 Å². The first-order valence-electron chi connectivity index (χ1n) is 9.13. The van der Waals surface area contributed by atoms with Crippen molar-refractivity contribution in [1.29, 1.82) is 0 Å². The van der Waals surface area contributed by atoms with Gasteiger partial charge in [-0.05, 0) is 12.5 Å². The average molecular weight is 346 g/mol. The number of ether oxygens (including phenoxy) is 2. The maximum Gasteiger partial charge on any atom is 0.306 e. The molecule has 0 saturated heterocycles. The maximum atomic E-state index is 12.5. The maximum absolute atomic E-state index is 12.5. The molecule has 0 spiro atoms. The monoisotopic (exact) mass is 346 g/mol. The Morgan fingerprint density at radius 2 is 1.72 bits per heavy atom. The molecule has 136 valence electrons. The van der Waals surface area contributed by atoms with Gasteiger partial charge >= 0.3 is 5.97 Å². The fourth-order valence-electron chi connectivity index (χ4n) is 2.89. The normalized spacial score (nSPS) is 16.0. The van der Waals surface area contributed by atoms with Gasteiger partial charge in [0.2, 0.25) is 17.7 Å². The van der Waals surface area contributed by atoms with E-state index in [1.807, 2.05) is 0 Å². The number of hydrogen-bond donors (Lipinski definition) is 0. The number of hydrogen-bond acceptors (Lipinski definition) is 5. The molecule has 0 heterocycles. The first-order valence-corrected chi connectivity index (χ1v) is 9.13. The van der Waals surface area contributed by atoms with Crippen LogP contribution in [0.25, 0.3) is 0 Å². The molecule has 1 aromatic rings. The predicted molar refractivity (Wildman–Crippen MR) is 94.1 cm³/mol. The highest BCUT2D eigenvalue weighted by molar-refractivity contribution is 6.30. The number of fused-ring (bicyclic) bond motifs is 1. The molecule has 0 N–H and O–H groups in total. The third kappa shape index (κ3) is 4.68. The molecule has 1 aliphatic carbocycles. The number of rotatable bonds is 10. The van der Waals surface area contributed by atoms with Gasteiger partial charge in [-0.3, -0.25) is 14.4 Å². The highest BCUT2D eigenvalue weighted by atomic mass is 16.6. The third-order valence-corrected chi connectivity index (χ3v) is 4.31. The summed E-state index contributed by atoms with van der Waals surface area (Å²) in [7, 11) is 0. The van der Waals surface area contributed by atoms with Gasteiger partial charge in [-0.25, -0.2) is 0 Å². The highest BCUT2D eigenvalue weighted by Crippen LogP contribution is 2.32. The van der Waals surface area contributed by atoms with Gasteiger partial charge in [-0.2, -0.15) is 0 Å². The van der Waals surface area contributed by atoms with Crippen molar-refractivity contribution in [2.24, 2.45) is 0 Å². The van der Waals surface area contributed by atoms with E-state index in [1.54, 1.807) is 25.1 Å². The fourth-order valence-corrected chi connectivity index (χ4v) is 2.89. The summed E-state index contributed by atoms with van der Waals surface area (Å²) in [5.74, 6) is -1.11. The Morgan fingerprint density at radius 1 is 1.00 bits per heavy atom. The molecule has 0 bridgehead atoms. The summed E-state index contributed by atoms with van der Waals surface area (Å²) in [5, 5.41) is 0. The summed E-state index contributed by atoms with van der Waals surface area (Å²) in [5.41, 5.74) is 0.520. The Labute approximate surface area is 148 Å². The Hall–Kier alpha value is -2.17. The summed E-state index contributed by atoms with van der Waals surface area (Å²) < 4.78 is 10.7. The molecule has 2 rings (SSSR count). The second-order valence-corrected chi connectivity index (χ2v) is 6.25. The Bertz CT molecular complexity index is 635. The van der Waals surface area contributed by atoms with Crippen molar-refractivity contribution in [2.45, 2.75) is 64.9 Å². The van der Waals surface area contributed by atoms with E-state index in [1.165, 1.54) is 25.7 Å². The molecule has 0 fully saturated rings. The highest BCUT2D eigenvalue weighted by Gasteiger charge is 2.43. The van der Waals surface area contributed by atoms with Crippen LogP contribution < -0.4 is 4.74 Å². The molecule has 1 unspecified atom stereocenters. The van der Waals surface area contributed by atoms with Crippen molar-refractivity contribution < 1.29 is 23.9 Å². The topological polar surface area (TPSA) is 69.7 Å². The zero-order chi connectivity index (χ0) is 18.2. The van der Waals surface area contributed by atoms with Crippen LogP contribution in [0.4, 0.5) is 0 Å². The van der Waals surface area contributed by atoms with Crippen molar-refractivity contribution in [3.05, 3.63) is 29.3 Å². The van der Waals surface area contributed by atoms with Crippen LogP contribution in [-0.4, -0.2) is 30.2 Å². The van der Waals surface area contributed by atoms with Crippen LogP contribution in [0.5, 0.6) is 5.75 Å². The van der Waals surface area contributed by atoms with Gasteiger partial charge in [-0.15, -0.1) is 0 Å². The third-order valence-electron chi connectivity index (χ3n) is 4.31. The number of benzene rings is 1. The fraction of sp³-hybridized carbons (Fsp3) is 0.550. The molecule has 0 amide bonds. The minimum Gasteiger partial charge on any atom is -0.493 e. The zero-order valence-corrected chi connectivity index (χ0v) is 15.0. The lowest BCUT2D eigenvalue weighted by Gasteiger charge is -2.10. The number of carbonyl (C=O) groups is 3. The lowest BCUT2D eigenvalue weighted by molar-refractivity contribution is -0.144. The summed E-state index contributed by atoms with van der Waals surface area (Å²) >= 11 is 0. The number of carbonyl (C=O) groups excluding carboxylic acids is 3. The average Bonchev–Trinajstić information content (AvgIpc) is 2.86. The molecule has 1 aromatic carbocycles. The van der Waals surface area contributed by atoms with Crippen LogP contribution in [0.2, 0.25) is 0 Å². The van der Waals surface area contributed by atoms with Crippen molar-refractivity contribution in [2.75, 3.05) is 6.61 Å². The van der Waals surface area contributed by atoms with Gasteiger partial charge in [0, 0.05) is 12.0 Å². The molecule has 25 heavy (non-hydrogen) atoms. The van der Waals surface area contributed by atoms with Gasteiger partial charge in [-0.1, -0.05) is 58.1 Å². The van der Waals surface area contributed by atoms with Gasteiger partial charge in [0.05, 0.1) is 12.2 Å². The first kappa shape index (κ1) is 19.2. The molecule has 1 aliphatic rings. The standard InChI is InChI=1S/C20H26O5/c1-3-5-6-7-8-9-13-24-15-12-10-11-14-17(15)19(23)20(18(14)22)25-16(21)4-2/h10-12,20H,3-9,13H2,1-2H3. The smallest absolute Gasteiger partial charge is 0.306 e. The molecular formula is C20H26O5. The summed E-state index contributed by atoms with van der Waals surface area (Å²) in [6.45, 7) is 4.31. The molecule has 5 nitrogen and oxygen atoms in total. The van der Waals surface area contributed by atoms with Crippen molar-refractivity contribution in [1.82, 2.24) is 0 Å². The summed E-state index contributed by atoms with van der Waals surface area (Å²) in [4.78, 5) is 36.3. The van der Waals surface area contributed by atoms with E-state index in [2.05, 4.69) is 6.92 Å². The number of Topliss-reactive ketones (excluding diaryl/α,β-unsaturated/α-hetero) is 2. The minimum absolute atomic E-state index is 0.120. The van der Waals surface area contributed by atoms with Gasteiger partial charge in [0.1, 0.15) is 5.75 Å². The quantitative estimate of drug-likeness (QED) is 0.362. The molecule has 5 heteroatoms. The number of esters is 1. The van der Waals surface area contributed by atoms with E-state index in [4.69, 9.17) is 9.47 Å². The Balaban J connectivity index is 1.97. The van der Waals surface area contributed by atoms with Crippen LogP contribution in [0.3, 0.4) is 0 Å². The SMILES string of the molecule is CCCCCCCCOc1cccc2c1C(=O)C(OC(=O)CC)C2=O. The van der Waals surface area contributed by atoms with Crippen molar-refractivity contribution in [3.63, 3.8) is 0 Å². The molecular weight excluding hydrogens is 320 g/mol. The van der Waals surface area contributed by atoms with Crippen LogP contribution >= 0.6 is 0 Å². The lowest BCUT2D eigenvalue weighted by atomic mass is 10.1. The molecule has 0 radical (unpaired) electrons. The second kappa shape index (κ2) is 9.35. The molecule has 1 atom stereocenters. The lowest BCUT2D eigenvalue weighted by Crippen LogP contribution is -2.28. The van der Waals surface area contributed by atoms with Gasteiger partial charge in [0.25, 0.3) is 0 Å². The second-order valence-electron chi connectivity index (χ2n) is 6.25. The largest absolute Gasteiger partial charge is 0.493 e. The number of unbranched alkanes of at least 4 members (excludes halogenated alkanes) is 5. The minimum atomic E-state index is -1.36. The van der Waals surface area contributed by atoms with E-state index in [-0.39, 0.29) is 17.5 Å². The molecule has 0 aliphatic heterocycles. The molecule has 0 saturated carbocycles. The predicted octanol–water partition coefficient (Wildman–Crippen LogP) is 4.13. The van der Waals surface area contributed by atoms with Crippen LogP contribution in [-0.2, 0) is 9.53 Å². The van der Waals surface area contributed by atoms with E-state index in [9.17, 15) is 14.4 Å². The van der Waals surface area contributed by atoms with Crippen LogP contribution in [0.1, 0.15) is 79.5 Å². The van der Waals surface area contributed by atoms with Gasteiger partial charge < -0.3 is 9.47 Å². The van der Waals surface area contributed by atoms with Crippen molar-refractivity contribution >= 4 is 17.5 Å². The van der Waals surface area contributed by atoms with Crippen molar-refractivity contribution in [3.8, 4) is 5.75 Å². The summed E-state index contributed by atoms with van der Waals surface area (Å²) in [6, 6.07) is 4.95. The first-order chi connectivity index (χ1) is 12.1. The zero-order valence-electron chi connectivity index (χ0n) is 15.0. The Kier molecular flexibility index (Phi) is 7.16. The van der Waals surface area contributed by atoms with E-state index in [0.717, 1.165) is 12.8 Å². The molecule has 0 aromatic heterocycles. The van der Waals surface area contributed by atoms with E-state index < -0.39 is 23.6 Å². The van der Waals surface area contributed by atoms with Gasteiger partial charge in [0.15, 0.2) is 0 Å². The Morgan fingerprint density at radius 3 is 2.44 bits per heavy atom. The number of ketones is 2. The van der Waals surface area contributed by atoms with Crippen LogP contribution in [0, 0.1) is 0 Å². The summed E-state index contributed by atoms with van der Waals surface area (Å²) in [6.07, 6.45) is 5.62. The van der Waals surface area contributed by atoms with E-state index >= 15 is 0 Å². The van der Waals surface area contributed by atoms with E-state index in [0.29, 0.717) is 12.4 Å².